The van der Waals surface area contributed by atoms with Crippen molar-refractivity contribution in [3.05, 3.63) is 60.7 Å². The predicted molar refractivity (Wildman–Crippen MR) is 109 cm³/mol. The minimum Gasteiger partial charge on any atom is -0.492 e. The molecule has 1 aliphatic heterocycles. The maximum Gasteiger partial charge on any atom is 0.265 e. The average Bonchev–Trinajstić information content (AvgIpc) is 2.92. The Morgan fingerprint density at radius 3 is 2.54 bits per heavy atom. The van der Waals surface area contributed by atoms with Crippen LogP contribution >= 0.6 is 0 Å². The summed E-state index contributed by atoms with van der Waals surface area (Å²) in [7, 11) is -3.81. The number of anilines is 2. The van der Waals surface area contributed by atoms with Gasteiger partial charge in [-0.15, -0.1) is 0 Å². The van der Waals surface area contributed by atoms with E-state index < -0.39 is 22.0 Å². The smallest absolute Gasteiger partial charge is 0.265 e. The molecule has 0 saturated heterocycles. The fraction of sp³-hybridized carbons (Fsp3) is 0.190. The van der Waals surface area contributed by atoms with Gasteiger partial charge in [0.05, 0.1) is 22.9 Å². The summed E-state index contributed by atoms with van der Waals surface area (Å²) in [5.74, 6) is 0.112. The van der Waals surface area contributed by atoms with E-state index in [1.807, 2.05) is 25.1 Å². The highest BCUT2D eigenvalue weighted by atomic mass is 32.2. The Bertz CT molecular complexity index is 1170. The molecule has 3 aromatic rings. The zero-order valence-electron chi connectivity index (χ0n) is 15.5. The Balaban J connectivity index is 1.70. The lowest BCUT2D eigenvalue weighted by Crippen LogP contribution is -2.44. The maximum atomic E-state index is 13.2. The Morgan fingerprint density at radius 1 is 1.07 bits per heavy atom. The van der Waals surface area contributed by atoms with Crippen LogP contribution in [0.3, 0.4) is 0 Å². The molecule has 1 heterocycles. The summed E-state index contributed by atoms with van der Waals surface area (Å²) in [6.07, 6.45) is 0. The number of para-hydroxylation sites is 2. The number of hydrogen-bond acceptors (Lipinski definition) is 4. The molecule has 7 heteroatoms. The molecule has 0 saturated carbocycles. The Hall–Kier alpha value is -3.06. The minimum atomic E-state index is -3.81. The molecule has 1 atom stereocenters. The van der Waals surface area contributed by atoms with E-state index in [-0.39, 0.29) is 4.90 Å². The largest absolute Gasteiger partial charge is 0.492 e. The molecule has 0 aromatic heterocycles. The van der Waals surface area contributed by atoms with E-state index in [9.17, 15) is 13.2 Å². The molecule has 0 fully saturated rings. The second kappa shape index (κ2) is 6.83. The van der Waals surface area contributed by atoms with Crippen LogP contribution in [0.1, 0.15) is 13.8 Å². The Labute approximate surface area is 163 Å². The molecule has 144 valence electrons. The van der Waals surface area contributed by atoms with Gasteiger partial charge in [0, 0.05) is 5.39 Å². The summed E-state index contributed by atoms with van der Waals surface area (Å²) in [5.41, 5.74) is 1.03. The maximum absolute atomic E-state index is 13.2. The SMILES string of the molecule is CCOc1ccccc1NC(=O)C(C)N1c2cccc3cccc(c23)S1(=O)=O. The van der Waals surface area contributed by atoms with Gasteiger partial charge in [0.1, 0.15) is 11.8 Å². The normalized spacial score (nSPS) is 15.4. The quantitative estimate of drug-likeness (QED) is 0.712. The molecular formula is C21H20N2O4S. The van der Waals surface area contributed by atoms with E-state index in [1.54, 1.807) is 49.4 Å². The summed E-state index contributed by atoms with van der Waals surface area (Å²) in [6.45, 7) is 3.90. The van der Waals surface area contributed by atoms with Crippen molar-refractivity contribution in [1.29, 1.82) is 0 Å². The van der Waals surface area contributed by atoms with Gasteiger partial charge in [-0.05, 0) is 43.5 Å². The highest BCUT2D eigenvalue weighted by Gasteiger charge is 2.40. The van der Waals surface area contributed by atoms with Gasteiger partial charge < -0.3 is 10.1 Å². The number of hydrogen-bond donors (Lipinski definition) is 1. The van der Waals surface area contributed by atoms with E-state index >= 15 is 0 Å². The highest BCUT2D eigenvalue weighted by Crippen LogP contribution is 2.43. The van der Waals surface area contributed by atoms with Gasteiger partial charge in [-0.3, -0.25) is 9.10 Å². The monoisotopic (exact) mass is 396 g/mol. The zero-order valence-corrected chi connectivity index (χ0v) is 16.4. The summed E-state index contributed by atoms with van der Waals surface area (Å²) in [6, 6.07) is 16.7. The van der Waals surface area contributed by atoms with Gasteiger partial charge in [-0.1, -0.05) is 36.4 Å². The molecule has 28 heavy (non-hydrogen) atoms. The second-order valence-electron chi connectivity index (χ2n) is 6.53. The standard InChI is InChI=1S/C21H20N2O4S/c1-3-27-18-12-5-4-10-16(18)22-21(24)14(2)23-17-11-6-8-15-9-7-13-19(20(15)17)28(23,25)26/h4-14H,3H2,1-2H3,(H,22,24). The first-order valence-electron chi connectivity index (χ1n) is 9.04. The molecule has 3 aromatic carbocycles. The third-order valence-corrected chi connectivity index (χ3v) is 6.72. The number of carbonyl (C=O) groups excluding carboxylic acids is 1. The summed E-state index contributed by atoms with van der Waals surface area (Å²) in [5, 5.41) is 4.28. The number of nitrogens with one attached hydrogen (secondary N) is 1. The van der Waals surface area contributed by atoms with Crippen molar-refractivity contribution in [3.63, 3.8) is 0 Å². The van der Waals surface area contributed by atoms with Gasteiger partial charge in [-0.2, -0.15) is 0 Å². The number of amides is 1. The number of benzene rings is 3. The Kier molecular flexibility index (Phi) is 4.47. The van der Waals surface area contributed by atoms with Crippen LogP contribution in [0.5, 0.6) is 5.75 Å². The van der Waals surface area contributed by atoms with Gasteiger partial charge in [0.25, 0.3) is 10.0 Å². The van der Waals surface area contributed by atoms with Crippen LogP contribution in [0.2, 0.25) is 0 Å². The third-order valence-electron chi connectivity index (χ3n) is 4.79. The van der Waals surface area contributed by atoms with Crippen molar-refractivity contribution < 1.29 is 17.9 Å². The molecule has 4 rings (SSSR count). The Morgan fingerprint density at radius 2 is 1.79 bits per heavy atom. The lowest BCUT2D eigenvalue weighted by molar-refractivity contribution is -0.116. The number of rotatable bonds is 5. The van der Waals surface area contributed by atoms with Gasteiger partial charge in [0.15, 0.2) is 0 Å². The van der Waals surface area contributed by atoms with Crippen LogP contribution in [0.25, 0.3) is 10.8 Å². The van der Waals surface area contributed by atoms with Crippen LogP contribution in [-0.2, 0) is 14.8 Å². The van der Waals surface area contributed by atoms with Crippen LogP contribution in [0.15, 0.2) is 65.6 Å². The van der Waals surface area contributed by atoms with Gasteiger partial charge >= 0.3 is 0 Å². The molecule has 0 aliphatic carbocycles. The fourth-order valence-corrected chi connectivity index (χ4v) is 5.40. The van der Waals surface area contributed by atoms with E-state index in [0.717, 1.165) is 5.39 Å². The third kappa shape index (κ3) is 2.79. The fourth-order valence-electron chi connectivity index (χ4n) is 3.53. The van der Waals surface area contributed by atoms with Crippen molar-refractivity contribution in [1.82, 2.24) is 0 Å². The molecule has 1 N–H and O–H groups in total. The van der Waals surface area contributed by atoms with E-state index in [0.29, 0.717) is 29.1 Å². The minimum absolute atomic E-state index is 0.231. The number of nitrogens with zero attached hydrogens (tertiary/aromatic N) is 1. The first-order valence-corrected chi connectivity index (χ1v) is 10.5. The van der Waals surface area contributed by atoms with E-state index in [4.69, 9.17) is 4.74 Å². The van der Waals surface area contributed by atoms with Crippen molar-refractivity contribution >= 4 is 38.1 Å². The predicted octanol–water partition coefficient (Wildman–Crippen LogP) is 3.77. The molecule has 1 unspecified atom stereocenters. The van der Waals surface area contributed by atoms with Crippen LogP contribution in [0.4, 0.5) is 11.4 Å². The van der Waals surface area contributed by atoms with Gasteiger partial charge in [0.2, 0.25) is 5.91 Å². The van der Waals surface area contributed by atoms with Gasteiger partial charge in [-0.25, -0.2) is 8.42 Å². The second-order valence-corrected chi connectivity index (χ2v) is 8.31. The van der Waals surface area contributed by atoms with Crippen molar-refractivity contribution in [2.75, 3.05) is 16.2 Å². The summed E-state index contributed by atoms with van der Waals surface area (Å²) < 4.78 is 33.0. The van der Waals surface area contributed by atoms with Crippen molar-refractivity contribution in [2.45, 2.75) is 24.8 Å². The van der Waals surface area contributed by atoms with Crippen LogP contribution in [-0.4, -0.2) is 27.0 Å². The summed E-state index contributed by atoms with van der Waals surface area (Å²) in [4.78, 5) is 13.2. The topological polar surface area (TPSA) is 75.7 Å². The van der Waals surface area contributed by atoms with Crippen LogP contribution in [0, 0.1) is 0 Å². The number of ether oxygens (including phenoxy) is 1. The number of carbonyl (C=O) groups is 1. The lowest BCUT2D eigenvalue weighted by Gasteiger charge is -2.25. The highest BCUT2D eigenvalue weighted by molar-refractivity contribution is 7.93. The molecule has 0 spiro atoms. The molecule has 0 radical (unpaired) electrons. The first-order chi connectivity index (χ1) is 13.4. The summed E-state index contributed by atoms with van der Waals surface area (Å²) >= 11 is 0. The lowest BCUT2D eigenvalue weighted by atomic mass is 10.1. The average molecular weight is 396 g/mol. The van der Waals surface area contributed by atoms with E-state index in [1.165, 1.54) is 4.31 Å². The van der Waals surface area contributed by atoms with Crippen LogP contribution < -0.4 is 14.4 Å². The van der Waals surface area contributed by atoms with E-state index in [2.05, 4.69) is 5.32 Å². The molecule has 1 aliphatic rings. The van der Waals surface area contributed by atoms with Crippen molar-refractivity contribution in [2.24, 2.45) is 0 Å². The number of sulfonamides is 1. The first kappa shape index (κ1) is 18.3. The molecule has 6 nitrogen and oxygen atoms in total. The zero-order chi connectivity index (χ0) is 19.9. The van der Waals surface area contributed by atoms with Crippen molar-refractivity contribution in [3.8, 4) is 5.75 Å². The molecular weight excluding hydrogens is 376 g/mol. The molecule has 0 bridgehead atoms. The molecule has 1 amide bonds.